The summed E-state index contributed by atoms with van der Waals surface area (Å²) in [5.41, 5.74) is -0.00805. The number of carbonyl (C=O) groups excluding carboxylic acids is 1. The lowest BCUT2D eigenvalue weighted by Gasteiger charge is -2.43. The van der Waals surface area contributed by atoms with Crippen molar-refractivity contribution >= 4 is 24.7 Å². The van der Waals surface area contributed by atoms with Gasteiger partial charge >= 0.3 is 5.97 Å². The Morgan fingerprint density at radius 2 is 1.55 bits per heavy atom. The summed E-state index contributed by atoms with van der Waals surface area (Å²) in [7, 11) is -2.47. The molecule has 2 aromatic carbocycles. The lowest BCUT2D eigenvalue weighted by atomic mass is 9.80. The molecule has 3 nitrogen and oxygen atoms in total. The zero-order valence-electron chi connectivity index (χ0n) is 18.2. The molecule has 156 valence electrons. The molecular formula is C25H34O3Si. The van der Waals surface area contributed by atoms with E-state index in [0.29, 0.717) is 19.6 Å². The molecule has 0 N–H and O–H groups in total. The van der Waals surface area contributed by atoms with Gasteiger partial charge in [0.15, 0.2) is 0 Å². The van der Waals surface area contributed by atoms with Crippen LogP contribution in [0.5, 0.6) is 0 Å². The van der Waals surface area contributed by atoms with Gasteiger partial charge in [-0.25, -0.2) is 0 Å². The summed E-state index contributed by atoms with van der Waals surface area (Å²) < 4.78 is 12.2. The first-order valence-corrected chi connectivity index (χ1v) is 12.6. The van der Waals surface area contributed by atoms with Crippen molar-refractivity contribution in [2.24, 2.45) is 5.41 Å². The molecule has 29 heavy (non-hydrogen) atoms. The Kier molecular flexibility index (Phi) is 6.64. The third-order valence-electron chi connectivity index (χ3n) is 6.40. The number of ether oxygens (including phenoxy) is 1. The maximum absolute atomic E-state index is 11.7. The van der Waals surface area contributed by atoms with E-state index in [0.717, 1.165) is 19.3 Å². The van der Waals surface area contributed by atoms with Gasteiger partial charge in [0.1, 0.15) is 0 Å². The highest BCUT2D eigenvalue weighted by Crippen LogP contribution is 2.39. The Hall–Kier alpha value is -1.91. The summed E-state index contributed by atoms with van der Waals surface area (Å²) in [4.78, 5) is 11.7. The van der Waals surface area contributed by atoms with Gasteiger partial charge in [0, 0.05) is 12.0 Å². The monoisotopic (exact) mass is 410 g/mol. The summed E-state index contributed by atoms with van der Waals surface area (Å²) in [5.74, 6) is -0.0558. The molecule has 0 spiro atoms. The van der Waals surface area contributed by atoms with Gasteiger partial charge in [0.25, 0.3) is 8.32 Å². The van der Waals surface area contributed by atoms with Gasteiger partial charge in [0.05, 0.1) is 13.0 Å². The van der Waals surface area contributed by atoms with E-state index in [4.69, 9.17) is 9.16 Å². The number of hydrogen-bond donors (Lipinski definition) is 0. The molecule has 0 aliphatic carbocycles. The summed E-state index contributed by atoms with van der Waals surface area (Å²) >= 11 is 0. The maximum Gasteiger partial charge on any atom is 0.306 e. The van der Waals surface area contributed by atoms with E-state index in [9.17, 15) is 4.79 Å². The van der Waals surface area contributed by atoms with Gasteiger partial charge < -0.3 is 9.16 Å². The zero-order valence-corrected chi connectivity index (χ0v) is 19.2. The van der Waals surface area contributed by atoms with Crippen LogP contribution in [0.3, 0.4) is 0 Å². The predicted molar refractivity (Wildman–Crippen MR) is 121 cm³/mol. The van der Waals surface area contributed by atoms with Crippen LogP contribution in [-0.4, -0.2) is 27.5 Å². The Morgan fingerprint density at radius 3 is 1.97 bits per heavy atom. The van der Waals surface area contributed by atoms with Crippen molar-refractivity contribution in [2.45, 2.75) is 58.4 Å². The molecule has 0 aromatic heterocycles. The zero-order chi connectivity index (χ0) is 21.0. The van der Waals surface area contributed by atoms with E-state index in [1.54, 1.807) is 0 Å². The highest BCUT2D eigenvalue weighted by Gasteiger charge is 2.50. The summed E-state index contributed by atoms with van der Waals surface area (Å²) in [6.07, 6.45) is 3.42. The number of benzene rings is 2. The van der Waals surface area contributed by atoms with Gasteiger partial charge in [-0.3, -0.25) is 4.79 Å². The molecular weight excluding hydrogens is 376 g/mol. The Bertz CT molecular complexity index is 758. The Balaban J connectivity index is 1.85. The molecule has 0 radical (unpaired) electrons. The minimum atomic E-state index is -2.47. The molecule has 1 aliphatic heterocycles. The third-order valence-corrected chi connectivity index (χ3v) is 11.4. The highest BCUT2D eigenvalue weighted by molar-refractivity contribution is 6.99. The summed E-state index contributed by atoms with van der Waals surface area (Å²) in [6.45, 7) is 10.3. The largest absolute Gasteiger partial charge is 0.465 e. The second-order valence-corrected chi connectivity index (χ2v) is 13.6. The maximum atomic E-state index is 11.7. The molecule has 4 heteroatoms. The first kappa shape index (κ1) is 21.8. The van der Waals surface area contributed by atoms with Crippen LogP contribution in [0.4, 0.5) is 0 Å². The van der Waals surface area contributed by atoms with Crippen LogP contribution in [-0.2, 0) is 14.0 Å². The van der Waals surface area contributed by atoms with Crippen molar-refractivity contribution in [1.29, 1.82) is 0 Å². The number of hydrogen-bond acceptors (Lipinski definition) is 3. The third kappa shape index (κ3) is 4.49. The van der Waals surface area contributed by atoms with Crippen LogP contribution in [0.25, 0.3) is 0 Å². The molecule has 1 aliphatic rings. The van der Waals surface area contributed by atoms with Gasteiger partial charge in [-0.15, -0.1) is 0 Å². The summed E-state index contributed by atoms with van der Waals surface area (Å²) in [6, 6.07) is 21.5. The van der Waals surface area contributed by atoms with Crippen LogP contribution in [0.15, 0.2) is 60.7 Å². The molecule has 0 saturated carbocycles. The van der Waals surface area contributed by atoms with Crippen molar-refractivity contribution < 1.29 is 14.0 Å². The molecule has 3 rings (SSSR count). The highest BCUT2D eigenvalue weighted by atomic mass is 28.4. The first-order valence-electron chi connectivity index (χ1n) is 10.7. The number of cyclic esters (lactones) is 1. The fourth-order valence-electron chi connectivity index (χ4n) is 4.64. The summed E-state index contributed by atoms with van der Waals surface area (Å²) in [5, 5.41) is 2.61. The average molecular weight is 411 g/mol. The smallest absolute Gasteiger partial charge is 0.306 e. The molecule has 1 heterocycles. The SMILES string of the molecule is CC[C@@]1(CCCO[Si](c2ccccc2)(c2ccccc2)C(C)(C)C)COC(=O)C1. The van der Waals surface area contributed by atoms with Crippen molar-refractivity contribution in [1.82, 2.24) is 0 Å². The van der Waals surface area contributed by atoms with Crippen molar-refractivity contribution in [2.75, 3.05) is 13.2 Å². The molecule has 0 unspecified atom stereocenters. The topological polar surface area (TPSA) is 35.5 Å². The second kappa shape index (κ2) is 8.84. The molecule has 2 aromatic rings. The number of carbonyl (C=O) groups is 1. The first-order chi connectivity index (χ1) is 13.8. The van der Waals surface area contributed by atoms with E-state index in [1.807, 2.05) is 0 Å². The fourth-order valence-corrected chi connectivity index (χ4v) is 9.25. The van der Waals surface area contributed by atoms with E-state index in [2.05, 4.69) is 88.4 Å². The Labute approximate surface area is 176 Å². The van der Waals surface area contributed by atoms with Crippen molar-refractivity contribution in [3.05, 3.63) is 60.7 Å². The van der Waals surface area contributed by atoms with E-state index in [-0.39, 0.29) is 16.4 Å². The van der Waals surface area contributed by atoms with E-state index in [1.165, 1.54) is 10.4 Å². The van der Waals surface area contributed by atoms with Gasteiger partial charge in [-0.2, -0.15) is 0 Å². The number of rotatable bonds is 8. The lowest BCUT2D eigenvalue weighted by Crippen LogP contribution is -2.66. The predicted octanol–water partition coefficient (Wildman–Crippen LogP) is 4.69. The molecule has 1 saturated heterocycles. The van der Waals surface area contributed by atoms with Crippen molar-refractivity contribution in [3.63, 3.8) is 0 Å². The van der Waals surface area contributed by atoms with Crippen LogP contribution < -0.4 is 10.4 Å². The molecule has 1 fully saturated rings. The van der Waals surface area contributed by atoms with Crippen LogP contribution in [0.2, 0.25) is 5.04 Å². The van der Waals surface area contributed by atoms with Crippen LogP contribution in [0.1, 0.15) is 53.4 Å². The Morgan fingerprint density at radius 1 is 1.00 bits per heavy atom. The minimum Gasteiger partial charge on any atom is -0.465 e. The normalized spacial score (nSPS) is 19.9. The quantitative estimate of drug-likeness (QED) is 0.360. The number of esters is 1. The standard InChI is InChI=1S/C25H34O3Si/c1-5-25(19-23(26)27-20-25)17-12-18-28-29(24(2,3)4,21-13-8-6-9-14-21)22-15-10-7-11-16-22/h6-11,13-16H,5,12,17-20H2,1-4H3/t25-/m0/s1. The van der Waals surface area contributed by atoms with Gasteiger partial charge in [0.2, 0.25) is 0 Å². The van der Waals surface area contributed by atoms with Gasteiger partial charge in [-0.1, -0.05) is 88.4 Å². The second-order valence-electron chi connectivity index (χ2n) is 9.31. The molecule has 1 atom stereocenters. The molecule has 0 amide bonds. The average Bonchev–Trinajstić information content (AvgIpc) is 3.10. The van der Waals surface area contributed by atoms with Crippen molar-refractivity contribution in [3.8, 4) is 0 Å². The van der Waals surface area contributed by atoms with Crippen LogP contribution >= 0.6 is 0 Å². The fraction of sp³-hybridized carbons (Fsp3) is 0.480. The molecule has 0 bridgehead atoms. The lowest BCUT2D eigenvalue weighted by molar-refractivity contribution is -0.137. The van der Waals surface area contributed by atoms with E-state index < -0.39 is 8.32 Å². The minimum absolute atomic E-state index is 0.00805. The van der Waals surface area contributed by atoms with E-state index >= 15 is 0 Å². The van der Waals surface area contributed by atoms with Crippen LogP contribution in [0, 0.1) is 5.41 Å². The van der Waals surface area contributed by atoms with Gasteiger partial charge in [-0.05, 0) is 34.7 Å².